The van der Waals surface area contributed by atoms with E-state index in [4.69, 9.17) is 5.73 Å². The van der Waals surface area contributed by atoms with Crippen LogP contribution >= 0.6 is 11.8 Å². The molecule has 1 aliphatic rings. The lowest BCUT2D eigenvalue weighted by atomic mass is 10.1. The Bertz CT molecular complexity index is 545. The molecule has 0 aromatic carbocycles. The van der Waals surface area contributed by atoms with E-state index in [0.717, 1.165) is 0 Å². The van der Waals surface area contributed by atoms with Crippen LogP contribution in [-0.2, 0) is 16.6 Å². The maximum Gasteiger partial charge on any atom is 0.327 e. The van der Waals surface area contributed by atoms with Gasteiger partial charge < -0.3 is 15.7 Å². The minimum Gasteiger partial charge on any atom is -0.480 e. The first-order valence-corrected chi connectivity index (χ1v) is 7.78. The van der Waals surface area contributed by atoms with E-state index in [1.165, 1.54) is 22.9 Å². The molecule has 1 saturated heterocycles. The molecule has 0 spiro atoms. The Morgan fingerprint density at radius 2 is 2.19 bits per heavy atom. The molecule has 0 radical (unpaired) electrons. The van der Waals surface area contributed by atoms with Crippen molar-refractivity contribution >= 4 is 23.6 Å². The Morgan fingerprint density at radius 3 is 2.67 bits per heavy atom. The zero-order valence-corrected chi connectivity index (χ0v) is 13.1. The smallest absolute Gasteiger partial charge is 0.327 e. The van der Waals surface area contributed by atoms with E-state index < -0.39 is 18.1 Å². The fourth-order valence-electron chi connectivity index (χ4n) is 2.41. The number of hydrogen-bond donors (Lipinski definition) is 2. The second-order valence-electron chi connectivity index (χ2n) is 5.49. The van der Waals surface area contributed by atoms with Gasteiger partial charge in [-0.1, -0.05) is 13.8 Å². The maximum atomic E-state index is 12.7. The summed E-state index contributed by atoms with van der Waals surface area (Å²) in [6.45, 7) is 3.94. The Kier molecular flexibility index (Phi) is 4.58. The van der Waals surface area contributed by atoms with E-state index in [1.54, 1.807) is 17.9 Å². The van der Waals surface area contributed by atoms with Crippen LogP contribution in [0, 0.1) is 5.92 Å². The summed E-state index contributed by atoms with van der Waals surface area (Å²) in [4.78, 5) is 25.5. The molecule has 3 atom stereocenters. The number of carbonyl (C=O) groups is 2. The monoisotopic (exact) mass is 312 g/mol. The number of aryl methyl sites for hydroxylation is 1. The van der Waals surface area contributed by atoms with Gasteiger partial charge in [0.05, 0.1) is 11.6 Å². The lowest BCUT2D eigenvalue weighted by Gasteiger charge is -2.31. The van der Waals surface area contributed by atoms with Gasteiger partial charge in [-0.2, -0.15) is 5.10 Å². The van der Waals surface area contributed by atoms with Crippen LogP contribution in [0.2, 0.25) is 0 Å². The van der Waals surface area contributed by atoms with Crippen molar-refractivity contribution in [1.29, 1.82) is 0 Å². The van der Waals surface area contributed by atoms with Crippen LogP contribution in [0.15, 0.2) is 12.4 Å². The van der Waals surface area contributed by atoms with E-state index in [1.807, 2.05) is 13.8 Å². The largest absolute Gasteiger partial charge is 0.480 e. The number of hydrogen-bond acceptors (Lipinski definition) is 5. The number of aromatic nitrogens is 2. The van der Waals surface area contributed by atoms with Gasteiger partial charge in [-0.3, -0.25) is 9.48 Å². The van der Waals surface area contributed by atoms with Crippen molar-refractivity contribution in [3.05, 3.63) is 18.0 Å². The van der Waals surface area contributed by atoms with Gasteiger partial charge in [0.25, 0.3) is 0 Å². The Labute approximate surface area is 127 Å². The third-order valence-corrected chi connectivity index (χ3v) is 5.12. The number of rotatable bonds is 4. The minimum absolute atomic E-state index is 0.157. The number of nitrogens with zero attached hydrogens (tertiary/aromatic N) is 3. The summed E-state index contributed by atoms with van der Waals surface area (Å²) < 4.78 is 1.57. The van der Waals surface area contributed by atoms with E-state index >= 15 is 0 Å². The summed E-state index contributed by atoms with van der Waals surface area (Å²) in [6, 6.07) is -1.71. The zero-order chi connectivity index (χ0) is 15.7. The van der Waals surface area contributed by atoms with E-state index in [0.29, 0.717) is 11.3 Å². The maximum absolute atomic E-state index is 12.7. The quantitative estimate of drug-likeness (QED) is 0.836. The molecule has 1 aromatic heterocycles. The average molecular weight is 312 g/mol. The number of carboxylic acids is 1. The van der Waals surface area contributed by atoms with Crippen molar-refractivity contribution in [2.24, 2.45) is 18.7 Å². The van der Waals surface area contributed by atoms with Crippen LogP contribution in [0.1, 0.15) is 25.5 Å². The van der Waals surface area contributed by atoms with Crippen molar-refractivity contribution in [3.63, 3.8) is 0 Å². The molecule has 1 aromatic rings. The van der Waals surface area contributed by atoms with Crippen LogP contribution in [0.5, 0.6) is 0 Å². The first-order chi connectivity index (χ1) is 9.82. The molecule has 7 nitrogen and oxygen atoms in total. The molecule has 1 amide bonds. The highest BCUT2D eigenvalue weighted by Crippen LogP contribution is 2.35. The third-order valence-electron chi connectivity index (χ3n) is 3.49. The van der Waals surface area contributed by atoms with E-state index in [2.05, 4.69) is 5.10 Å². The van der Waals surface area contributed by atoms with Crippen molar-refractivity contribution in [1.82, 2.24) is 14.7 Å². The molecule has 1 fully saturated rings. The molecule has 0 aliphatic carbocycles. The molecule has 116 valence electrons. The molecular weight excluding hydrogens is 292 g/mol. The Hall–Kier alpha value is -1.54. The molecule has 0 bridgehead atoms. The summed E-state index contributed by atoms with van der Waals surface area (Å²) in [5.41, 5.74) is 6.60. The highest BCUT2D eigenvalue weighted by atomic mass is 32.2. The third kappa shape index (κ3) is 3.06. The van der Waals surface area contributed by atoms with E-state index in [9.17, 15) is 14.7 Å². The number of nitrogens with two attached hydrogens (primary N) is 1. The summed E-state index contributed by atoms with van der Waals surface area (Å²) >= 11 is 1.49. The highest BCUT2D eigenvalue weighted by Gasteiger charge is 2.44. The second kappa shape index (κ2) is 6.07. The first-order valence-electron chi connectivity index (χ1n) is 6.73. The van der Waals surface area contributed by atoms with Crippen molar-refractivity contribution in [2.75, 3.05) is 5.75 Å². The summed E-state index contributed by atoms with van der Waals surface area (Å²) in [7, 11) is 1.74. The standard InChI is InChI=1S/C13H20N4O3S/c1-7(2)12-17(9(6-21-12)13(19)20)11(18)10(14)8-4-15-16(3)5-8/h4-5,7,9-10,12H,6,14H2,1-3H3,(H,19,20). The fraction of sp³-hybridized carbons (Fsp3) is 0.615. The number of carbonyl (C=O) groups excluding carboxylic acids is 1. The number of aliphatic carboxylic acids is 1. The normalized spacial score (nSPS) is 23.6. The number of thioether (sulfide) groups is 1. The van der Waals surface area contributed by atoms with Crippen LogP contribution in [0.25, 0.3) is 0 Å². The summed E-state index contributed by atoms with van der Waals surface area (Å²) in [5.74, 6) is -0.801. The molecule has 3 N–H and O–H groups in total. The molecule has 2 heterocycles. The molecular formula is C13H20N4O3S. The van der Waals surface area contributed by atoms with Crippen LogP contribution in [0.3, 0.4) is 0 Å². The Balaban J connectivity index is 2.26. The fourth-order valence-corrected chi connectivity index (χ4v) is 3.89. The van der Waals surface area contributed by atoms with Crippen molar-refractivity contribution < 1.29 is 14.7 Å². The van der Waals surface area contributed by atoms with Gasteiger partial charge in [0.1, 0.15) is 12.1 Å². The zero-order valence-electron chi connectivity index (χ0n) is 12.3. The van der Waals surface area contributed by atoms with Crippen molar-refractivity contribution in [3.8, 4) is 0 Å². The predicted molar refractivity (Wildman–Crippen MR) is 79.5 cm³/mol. The summed E-state index contributed by atoms with van der Waals surface area (Å²) in [5, 5.41) is 13.2. The van der Waals surface area contributed by atoms with Gasteiger partial charge in [-0.05, 0) is 5.92 Å². The van der Waals surface area contributed by atoms with Crippen LogP contribution in [-0.4, -0.2) is 48.8 Å². The second-order valence-corrected chi connectivity index (χ2v) is 6.64. The molecule has 1 aliphatic heterocycles. The number of carboxylic acid groups (broad SMARTS) is 1. The minimum atomic E-state index is -0.989. The SMILES string of the molecule is CC(C)C1SCC(C(=O)O)N1C(=O)C(N)c1cnn(C)c1. The van der Waals surface area contributed by atoms with Gasteiger partial charge in [0.2, 0.25) is 5.91 Å². The van der Waals surface area contributed by atoms with Gasteiger partial charge in [0, 0.05) is 24.6 Å². The number of amides is 1. The predicted octanol–water partition coefficient (Wildman–Crippen LogP) is 0.431. The molecule has 0 saturated carbocycles. The highest BCUT2D eigenvalue weighted by molar-refractivity contribution is 8.00. The van der Waals surface area contributed by atoms with Gasteiger partial charge in [-0.15, -0.1) is 11.8 Å². The van der Waals surface area contributed by atoms with Crippen molar-refractivity contribution in [2.45, 2.75) is 31.3 Å². The van der Waals surface area contributed by atoms with Gasteiger partial charge in [-0.25, -0.2) is 4.79 Å². The first kappa shape index (κ1) is 15.8. The molecule has 2 rings (SSSR count). The molecule has 3 unspecified atom stereocenters. The lowest BCUT2D eigenvalue weighted by molar-refractivity contribution is -0.150. The summed E-state index contributed by atoms with van der Waals surface area (Å²) in [6.07, 6.45) is 3.21. The van der Waals surface area contributed by atoms with Crippen LogP contribution in [0.4, 0.5) is 0 Å². The van der Waals surface area contributed by atoms with Gasteiger partial charge >= 0.3 is 5.97 Å². The van der Waals surface area contributed by atoms with Crippen LogP contribution < -0.4 is 5.73 Å². The molecule has 21 heavy (non-hydrogen) atoms. The lowest BCUT2D eigenvalue weighted by Crippen LogP contribution is -2.50. The molecule has 8 heteroatoms. The topological polar surface area (TPSA) is 101 Å². The average Bonchev–Trinajstić information content (AvgIpc) is 3.02. The van der Waals surface area contributed by atoms with E-state index in [-0.39, 0.29) is 17.2 Å². The van der Waals surface area contributed by atoms with Gasteiger partial charge in [0.15, 0.2) is 0 Å². The Morgan fingerprint density at radius 1 is 1.52 bits per heavy atom.